The second kappa shape index (κ2) is 21.1. The number of ether oxygens (including phenoxy) is 2. The Hall–Kier alpha value is -7.27. The van der Waals surface area contributed by atoms with Crippen LogP contribution in [0.1, 0.15) is 78.3 Å². The van der Waals surface area contributed by atoms with Crippen LogP contribution in [0.15, 0.2) is 54.6 Å². The summed E-state index contributed by atoms with van der Waals surface area (Å²) in [4.78, 5) is 73.7. The summed E-state index contributed by atoms with van der Waals surface area (Å²) < 4.78 is 11.9. The SMILES string of the molecule is Cc1c(C#N)c(-c2ccc(C(C)(C)C)cc2)nc(N)c1C(=O)NCC(=O)N(C)[C@@H]1C(=O)N[C@@H](C)C(=O)N[C@H](C(=O)O)Cc2ccc(OCCCN)c(c2)-c2cc1cc(OC[C@H](O)CN)c2O. The lowest BCUT2D eigenvalue weighted by Gasteiger charge is -2.30. The van der Waals surface area contributed by atoms with Gasteiger partial charge in [0, 0.05) is 36.7 Å². The van der Waals surface area contributed by atoms with Gasteiger partial charge in [-0.25, -0.2) is 9.78 Å². The van der Waals surface area contributed by atoms with Crippen molar-refractivity contribution in [3.63, 3.8) is 0 Å². The summed E-state index contributed by atoms with van der Waals surface area (Å²) in [6, 6.07) is 12.6. The van der Waals surface area contributed by atoms with E-state index in [2.05, 4.69) is 47.8 Å². The molecule has 350 valence electrons. The molecule has 0 aliphatic carbocycles. The van der Waals surface area contributed by atoms with Gasteiger partial charge in [-0.3, -0.25) is 19.2 Å². The highest BCUT2D eigenvalue weighted by Crippen LogP contribution is 2.45. The lowest BCUT2D eigenvalue weighted by atomic mass is 9.86. The molecule has 1 aromatic heterocycles. The van der Waals surface area contributed by atoms with Crippen LogP contribution in [0.4, 0.5) is 5.82 Å². The van der Waals surface area contributed by atoms with Crippen molar-refractivity contribution in [2.45, 2.75) is 77.1 Å². The monoisotopic (exact) mass is 907 g/mol. The van der Waals surface area contributed by atoms with Gasteiger partial charge < -0.3 is 62.8 Å². The van der Waals surface area contributed by atoms with E-state index in [-0.39, 0.29) is 81.4 Å². The van der Waals surface area contributed by atoms with Gasteiger partial charge in [-0.15, -0.1) is 0 Å². The van der Waals surface area contributed by atoms with Gasteiger partial charge >= 0.3 is 5.97 Å². The van der Waals surface area contributed by atoms with Crippen LogP contribution in [0.5, 0.6) is 17.2 Å². The number of aromatic hydroxyl groups is 1. The fourth-order valence-electron chi connectivity index (χ4n) is 7.30. The molecule has 0 spiro atoms. The Morgan fingerprint density at radius 2 is 1.71 bits per heavy atom. The number of carboxylic acid groups (broad SMARTS) is 1. The third-order valence-corrected chi connectivity index (χ3v) is 11.1. The number of likely N-dealkylation sites (N-methyl/N-ethyl adjacent to an activating group) is 1. The lowest BCUT2D eigenvalue weighted by molar-refractivity contribution is -0.142. The zero-order valence-corrected chi connectivity index (χ0v) is 37.7. The number of nitrogens with zero attached hydrogens (tertiary/aromatic N) is 3. The number of carbonyl (C=O) groups excluding carboxylic acids is 4. The first-order valence-corrected chi connectivity index (χ1v) is 21.2. The van der Waals surface area contributed by atoms with Gasteiger partial charge in [0.25, 0.3) is 5.91 Å². The van der Waals surface area contributed by atoms with Crippen LogP contribution in [0.2, 0.25) is 0 Å². The second-order valence-electron chi connectivity index (χ2n) is 17.0. The third-order valence-electron chi connectivity index (χ3n) is 11.1. The summed E-state index contributed by atoms with van der Waals surface area (Å²) >= 11 is 0. The van der Waals surface area contributed by atoms with Crippen molar-refractivity contribution in [1.82, 2.24) is 25.8 Å². The number of aliphatic carboxylic acids is 1. The lowest BCUT2D eigenvalue weighted by Crippen LogP contribution is -2.53. The van der Waals surface area contributed by atoms with Crippen LogP contribution in [0.3, 0.4) is 0 Å². The Morgan fingerprint density at radius 1 is 1.02 bits per heavy atom. The highest BCUT2D eigenvalue weighted by Gasteiger charge is 2.35. The van der Waals surface area contributed by atoms with Crippen molar-refractivity contribution in [3.05, 3.63) is 88.0 Å². The van der Waals surface area contributed by atoms with Crippen molar-refractivity contribution in [3.8, 4) is 45.7 Å². The summed E-state index contributed by atoms with van der Waals surface area (Å²) in [5, 5.41) is 50.0. The summed E-state index contributed by atoms with van der Waals surface area (Å²) in [5.41, 5.74) is 20.4. The smallest absolute Gasteiger partial charge is 0.326 e. The molecule has 5 rings (SSSR count). The molecule has 1 aliphatic rings. The number of phenolic OH excluding ortho intramolecular Hbond substituents is 1. The number of rotatable bonds is 14. The maximum atomic E-state index is 14.4. The normalized spacial score (nSPS) is 16.7. The highest BCUT2D eigenvalue weighted by molar-refractivity contribution is 6.03. The van der Waals surface area contributed by atoms with E-state index in [1.54, 1.807) is 25.1 Å². The Morgan fingerprint density at radius 3 is 2.33 bits per heavy atom. The number of phenols is 1. The van der Waals surface area contributed by atoms with Gasteiger partial charge in [0.15, 0.2) is 11.5 Å². The first-order valence-electron chi connectivity index (χ1n) is 21.2. The van der Waals surface area contributed by atoms with Crippen molar-refractivity contribution in [1.29, 1.82) is 5.26 Å². The molecular formula is C47H57N9O10. The minimum atomic E-state index is -1.61. The molecule has 1 aliphatic heterocycles. The molecule has 3 aromatic carbocycles. The molecular weight excluding hydrogens is 851 g/mol. The number of fused-ring (bicyclic) bond motifs is 5. The molecule has 4 amide bonds. The molecule has 0 fully saturated rings. The van der Waals surface area contributed by atoms with Crippen LogP contribution in [-0.2, 0) is 31.0 Å². The van der Waals surface area contributed by atoms with Crippen molar-refractivity contribution in [2.75, 3.05) is 45.6 Å². The predicted molar refractivity (Wildman–Crippen MR) is 244 cm³/mol. The van der Waals surface area contributed by atoms with Crippen LogP contribution >= 0.6 is 0 Å². The zero-order chi connectivity index (χ0) is 48.6. The number of carboxylic acids is 1. The van der Waals surface area contributed by atoms with Gasteiger partial charge in [-0.05, 0) is 78.7 Å². The van der Waals surface area contributed by atoms with E-state index < -0.39 is 72.7 Å². The minimum absolute atomic E-state index is 0.0302. The number of benzene rings is 3. The molecule has 19 nitrogen and oxygen atoms in total. The number of carbonyl (C=O) groups is 5. The van der Waals surface area contributed by atoms with E-state index >= 15 is 0 Å². The average Bonchev–Trinajstić information content (AvgIpc) is 3.27. The van der Waals surface area contributed by atoms with Gasteiger partial charge in [-0.2, -0.15) is 5.26 Å². The summed E-state index contributed by atoms with van der Waals surface area (Å²) in [5.74, 6) is -5.43. The topological polar surface area (TPSA) is 319 Å². The third kappa shape index (κ3) is 11.3. The number of aromatic nitrogens is 1. The van der Waals surface area contributed by atoms with E-state index in [0.29, 0.717) is 24.1 Å². The van der Waals surface area contributed by atoms with Crippen LogP contribution in [0, 0.1) is 18.3 Å². The number of nitrogens with two attached hydrogens (primary N) is 3. The zero-order valence-electron chi connectivity index (χ0n) is 37.7. The summed E-state index contributed by atoms with van der Waals surface area (Å²) in [6.07, 6.45) is -0.916. The molecule has 4 aromatic rings. The van der Waals surface area contributed by atoms with Crippen LogP contribution in [-0.4, -0.2) is 113 Å². The van der Waals surface area contributed by atoms with E-state index in [4.69, 9.17) is 26.7 Å². The maximum absolute atomic E-state index is 14.4. The van der Waals surface area contributed by atoms with Gasteiger partial charge in [-0.1, -0.05) is 51.1 Å². The number of anilines is 1. The van der Waals surface area contributed by atoms with E-state index in [9.17, 15) is 44.6 Å². The molecule has 0 unspecified atom stereocenters. The summed E-state index contributed by atoms with van der Waals surface area (Å²) in [6.45, 7) is 8.25. The Balaban J connectivity index is 1.57. The number of hydrogen-bond donors (Lipinski definition) is 9. The quantitative estimate of drug-likeness (QED) is 0.0819. The Bertz CT molecular complexity index is 2530. The first kappa shape index (κ1) is 49.7. The average molecular weight is 908 g/mol. The summed E-state index contributed by atoms with van der Waals surface area (Å²) in [7, 11) is 1.27. The molecule has 4 bridgehead atoms. The highest BCUT2D eigenvalue weighted by atomic mass is 16.5. The minimum Gasteiger partial charge on any atom is -0.504 e. The number of nitrogen functional groups attached to an aromatic ring is 1. The number of amides is 4. The van der Waals surface area contributed by atoms with Crippen molar-refractivity contribution >= 4 is 35.4 Å². The van der Waals surface area contributed by atoms with Crippen molar-refractivity contribution in [2.24, 2.45) is 11.5 Å². The van der Waals surface area contributed by atoms with Gasteiger partial charge in [0.05, 0.1) is 30.0 Å². The number of hydrogen-bond acceptors (Lipinski definition) is 14. The van der Waals surface area contributed by atoms with Gasteiger partial charge in [0.2, 0.25) is 17.7 Å². The maximum Gasteiger partial charge on any atom is 0.326 e. The molecule has 0 saturated carbocycles. The molecule has 2 heterocycles. The van der Waals surface area contributed by atoms with Crippen molar-refractivity contribution < 1.29 is 48.8 Å². The number of nitriles is 1. The fourth-order valence-corrected chi connectivity index (χ4v) is 7.30. The molecule has 66 heavy (non-hydrogen) atoms. The Labute approximate surface area is 382 Å². The second-order valence-corrected chi connectivity index (χ2v) is 17.0. The Kier molecular flexibility index (Phi) is 15.9. The number of pyridine rings is 1. The first-order chi connectivity index (χ1) is 31.2. The molecule has 0 radical (unpaired) electrons. The van der Waals surface area contributed by atoms with E-state index in [1.807, 2.05) is 24.3 Å². The molecule has 0 saturated heterocycles. The molecule has 19 heteroatoms. The number of nitrogens with one attached hydrogen (secondary N) is 3. The largest absolute Gasteiger partial charge is 0.504 e. The predicted octanol–water partition coefficient (Wildman–Crippen LogP) is 2.17. The van der Waals surface area contributed by atoms with Gasteiger partial charge in [0.1, 0.15) is 48.5 Å². The standard InChI is InChI=1S/C47H57N9O10/c1-24-33(21-50)39(27-9-11-29(12-10-27)47(3,4)5)55-42(51)38(24)44(61)52-22-37(58)56(6)40-28-18-32(41(59)36(19-28)66-23-30(57)20-49)31-16-26(8-13-35(31)65-15-7-14-48)17-34(46(63)64)54-43(60)25(2)53-45(40)62/h8-13,16,18-19,25,30,34,40,57,59H,7,14-15,17,20,22-23,48-49H2,1-6H3,(H2,51,55)(H,52,61)(H,53,62)(H,54,60)(H,63,64)/t25-,30+,34-,40-/m0/s1. The molecule has 12 N–H and O–H groups in total. The van der Waals surface area contributed by atoms with Crippen LogP contribution < -0.4 is 42.6 Å². The van der Waals surface area contributed by atoms with Crippen LogP contribution in [0.25, 0.3) is 22.4 Å². The van der Waals surface area contributed by atoms with E-state index in [0.717, 1.165) is 10.5 Å². The number of aliphatic hydroxyl groups is 1. The fraction of sp³-hybridized carbons (Fsp3) is 0.383. The molecule has 4 atom stereocenters. The van der Waals surface area contributed by atoms with E-state index in [1.165, 1.54) is 26.1 Å². The number of aliphatic hydroxyl groups excluding tert-OH is 1.